The van der Waals surface area contributed by atoms with Crippen LogP contribution in [0.4, 0.5) is 4.79 Å². The van der Waals surface area contributed by atoms with Crippen molar-refractivity contribution in [3.63, 3.8) is 0 Å². The fourth-order valence-electron chi connectivity index (χ4n) is 2.21. The number of nitrogens with two attached hydrogens (primary N) is 1. The summed E-state index contributed by atoms with van der Waals surface area (Å²) >= 11 is 0. The smallest absolute Gasteiger partial charge is 0.404 e. The summed E-state index contributed by atoms with van der Waals surface area (Å²) in [5.41, 5.74) is 4.87. The van der Waals surface area contributed by atoms with Crippen LogP contribution in [0.5, 0.6) is 0 Å². The molecule has 0 aromatic carbocycles. The van der Waals surface area contributed by atoms with E-state index < -0.39 is 6.09 Å². The van der Waals surface area contributed by atoms with Crippen molar-refractivity contribution < 1.29 is 9.53 Å². The van der Waals surface area contributed by atoms with Crippen LogP contribution in [0.15, 0.2) is 0 Å². The van der Waals surface area contributed by atoms with Gasteiger partial charge in [-0.3, -0.25) is 0 Å². The molecule has 3 unspecified atom stereocenters. The van der Waals surface area contributed by atoms with Gasteiger partial charge < -0.3 is 15.8 Å². The second kappa shape index (κ2) is 5.95. The van der Waals surface area contributed by atoms with E-state index in [2.05, 4.69) is 23.9 Å². The van der Waals surface area contributed by atoms with Crippen molar-refractivity contribution >= 4 is 6.09 Å². The monoisotopic (exact) mass is 214 g/mol. The number of carbonyl (C=O) groups excluding carboxylic acids is 1. The third-order valence-corrected chi connectivity index (χ3v) is 3.21. The van der Waals surface area contributed by atoms with E-state index in [1.807, 2.05) is 0 Å². The van der Waals surface area contributed by atoms with Gasteiger partial charge >= 0.3 is 6.09 Å². The maximum absolute atomic E-state index is 10.3. The number of rotatable bonds is 4. The number of hydrogen-bond donors (Lipinski definition) is 2. The van der Waals surface area contributed by atoms with E-state index in [1.54, 1.807) is 0 Å². The topological polar surface area (TPSA) is 64.3 Å². The maximum Gasteiger partial charge on any atom is 0.404 e. The second-order valence-corrected chi connectivity index (χ2v) is 4.62. The Labute approximate surface area is 91.5 Å². The van der Waals surface area contributed by atoms with E-state index in [-0.39, 0.29) is 0 Å². The summed E-state index contributed by atoms with van der Waals surface area (Å²) in [7, 11) is 0. The second-order valence-electron chi connectivity index (χ2n) is 4.62. The van der Waals surface area contributed by atoms with Crippen LogP contribution in [0.3, 0.4) is 0 Å². The molecule has 0 spiro atoms. The molecule has 0 heterocycles. The minimum absolute atomic E-state index is 0.368. The van der Waals surface area contributed by atoms with Crippen molar-refractivity contribution in [2.75, 3.05) is 13.2 Å². The molecule has 0 saturated heterocycles. The highest BCUT2D eigenvalue weighted by atomic mass is 16.5. The highest BCUT2D eigenvalue weighted by Crippen LogP contribution is 2.28. The standard InChI is InChI=1S/C11H22N2O2/c1-8-3-4-9(2)10(7-8)13-5-6-15-11(12)14/h8-10,13H,3-7H2,1-2H3,(H2,12,14). The van der Waals surface area contributed by atoms with Crippen molar-refractivity contribution in [1.29, 1.82) is 0 Å². The predicted octanol–water partition coefficient (Wildman–Crippen LogP) is 1.50. The quantitative estimate of drug-likeness (QED) is 0.697. The molecule has 1 rings (SSSR count). The zero-order chi connectivity index (χ0) is 11.3. The molecule has 4 nitrogen and oxygen atoms in total. The molecule has 1 amide bonds. The zero-order valence-corrected chi connectivity index (χ0v) is 9.66. The summed E-state index contributed by atoms with van der Waals surface area (Å²) in [5, 5.41) is 3.42. The third kappa shape index (κ3) is 4.51. The number of hydrogen-bond acceptors (Lipinski definition) is 3. The highest BCUT2D eigenvalue weighted by molar-refractivity contribution is 5.64. The SMILES string of the molecule is CC1CCC(C)C(NCCOC(N)=O)C1. The molecule has 0 bridgehead atoms. The molecule has 3 atom stereocenters. The van der Waals surface area contributed by atoms with Crippen molar-refractivity contribution in [1.82, 2.24) is 5.32 Å². The number of carbonyl (C=O) groups is 1. The van der Waals surface area contributed by atoms with Gasteiger partial charge in [0.25, 0.3) is 0 Å². The summed E-state index contributed by atoms with van der Waals surface area (Å²) in [6, 6.07) is 0.560. The molecule has 1 aliphatic carbocycles. The van der Waals surface area contributed by atoms with Crippen LogP contribution in [-0.4, -0.2) is 25.3 Å². The van der Waals surface area contributed by atoms with E-state index in [4.69, 9.17) is 5.73 Å². The van der Waals surface area contributed by atoms with E-state index in [1.165, 1.54) is 19.3 Å². The maximum atomic E-state index is 10.3. The van der Waals surface area contributed by atoms with Crippen molar-refractivity contribution in [3.8, 4) is 0 Å². The van der Waals surface area contributed by atoms with Crippen LogP contribution in [0.1, 0.15) is 33.1 Å². The Morgan fingerprint density at radius 1 is 1.47 bits per heavy atom. The third-order valence-electron chi connectivity index (χ3n) is 3.21. The summed E-state index contributed by atoms with van der Waals surface area (Å²) in [6.45, 7) is 5.64. The van der Waals surface area contributed by atoms with E-state index >= 15 is 0 Å². The minimum atomic E-state index is -0.693. The summed E-state index contributed by atoms with van der Waals surface area (Å²) in [5.74, 6) is 1.52. The summed E-state index contributed by atoms with van der Waals surface area (Å²) < 4.78 is 4.67. The number of nitrogens with one attached hydrogen (secondary N) is 1. The first-order valence-electron chi connectivity index (χ1n) is 5.75. The average Bonchev–Trinajstić information content (AvgIpc) is 2.17. The Morgan fingerprint density at radius 3 is 2.87 bits per heavy atom. The molecule has 1 saturated carbocycles. The highest BCUT2D eigenvalue weighted by Gasteiger charge is 2.24. The first kappa shape index (κ1) is 12.3. The number of amides is 1. The lowest BCUT2D eigenvalue weighted by Crippen LogP contribution is -2.41. The molecule has 3 N–H and O–H groups in total. The molecule has 0 aliphatic heterocycles. The Balaban J connectivity index is 2.16. The fraction of sp³-hybridized carbons (Fsp3) is 0.909. The van der Waals surface area contributed by atoms with Gasteiger partial charge in [-0.15, -0.1) is 0 Å². The fourth-order valence-corrected chi connectivity index (χ4v) is 2.21. The van der Waals surface area contributed by atoms with Gasteiger partial charge in [-0.05, 0) is 24.7 Å². The van der Waals surface area contributed by atoms with Crippen molar-refractivity contribution in [2.45, 2.75) is 39.2 Å². The molecule has 4 heteroatoms. The van der Waals surface area contributed by atoms with Crippen molar-refractivity contribution in [3.05, 3.63) is 0 Å². The largest absolute Gasteiger partial charge is 0.448 e. The average molecular weight is 214 g/mol. The zero-order valence-electron chi connectivity index (χ0n) is 9.66. The molecule has 88 valence electrons. The lowest BCUT2D eigenvalue weighted by atomic mass is 9.80. The van der Waals surface area contributed by atoms with Gasteiger partial charge in [-0.2, -0.15) is 0 Å². The van der Waals surface area contributed by atoms with Crippen molar-refractivity contribution in [2.24, 2.45) is 17.6 Å². The van der Waals surface area contributed by atoms with Crippen LogP contribution < -0.4 is 11.1 Å². The molecule has 15 heavy (non-hydrogen) atoms. The molecule has 1 fully saturated rings. The van der Waals surface area contributed by atoms with Gasteiger partial charge in [0, 0.05) is 12.6 Å². The Hall–Kier alpha value is -0.770. The minimum Gasteiger partial charge on any atom is -0.448 e. The van der Waals surface area contributed by atoms with Gasteiger partial charge in [-0.25, -0.2) is 4.79 Å². The Morgan fingerprint density at radius 2 is 2.20 bits per heavy atom. The molecule has 1 aliphatic rings. The van der Waals surface area contributed by atoms with Crippen LogP contribution in [0, 0.1) is 11.8 Å². The molecule has 0 aromatic rings. The van der Waals surface area contributed by atoms with Crippen LogP contribution >= 0.6 is 0 Å². The van der Waals surface area contributed by atoms with Gasteiger partial charge in [0.05, 0.1) is 0 Å². The molecular formula is C11H22N2O2. The lowest BCUT2D eigenvalue weighted by molar-refractivity contribution is 0.150. The summed E-state index contributed by atoms with van der Waals surface area (Å²) in [4.78, 5) is 10.3. The van der Waals surface area contributed by atoms with Gasteiger partial charge in [0.1, 0.15) is 6.61 Å². The van der Waals surface area contributed by atoms with Gasteiger partial charge in [0.15, 0.2) is 0 Å². The first-order valence-corrected chi connectivity index (χ1v) is 5.75. The first-order chi connectivity index (χ1) is 7.09. The van der Waals surface area contributed by atoms with E-state index in [0.717, 1.165) is 11.8 Å². The number of primary amides is 1. The Bertz CT molecular complexity index is 209. The van der Waals surface area contributed by atoms with Crippen LogP contribution in [0.25, 0.3) is 0 Å². The lowest BCUT2D eigenvalue weighted by Gasteiger charge is -2.33. The number of ether oxygens (including phenoxy) is 1. The van der Waals surface area contributed by atoms with Gasteiger partial charge in [0.2, 0.25) is 0 Å². The van der Waals surface area contributed by atoms with Crippen LogP contribution in [0.2, 0.25) is 0 Å². The Kier molecular flexibility index (Phi) is 4.88. The predicted molar refractivity (Wildman–Crippen MR) is 59.5 cm³/mol. The molecule has 0 aromatic heterocycles. The van der Waals surface area contributed by atoms with E-state index in [9.17, 15) is 4.79 Å². The van der Waals surface area contributed by atoms with E-state index in [0.29, 0.717) is 19.2 Å². The normalized spacial score (nSPS) is 31.2. The molecule has 0 radical (unpaired) electrons. The van der Waals surface area contributed by atoms with Gasteiger partial charge in [-0.1, -0.05) is 20.3 Å². The summed E-state index contributed by atoms with van der Waals surface area (Å²) in [6.07, 6.45) is 3.14. The van der Waals surface area contributed by atoms with Crippen LogP contribution in [-0.2, 0) is 4.74 Å². The molecular weight excluding hydrogens is 192 g/mol.